The Bertz CT molecular complexity index is 1230. The molecular formula is C21H22N2O4S3. The summed E-state index contributed by atoms with van der Waals surface area (Å²) in [6, 6.07) is 8.42. The van der Waals surface area contributed by atoms with Gasteiger partial charge in [0.05, 0.1) is 11.1 Å². The quantitative estimate of drug-likeness (QED) is 0.218. The normalized spacial score (nSPS) is 13.9. The highest BCUT2D eigenvalue weighted by Gasteiger charge is 2.22. The minimum Gasteiger partial charge on any atom is -0.382 e. The van der Waals surface area contributed by atoms with Crippen molar-refractivity contribution < 1.29 is 12.6 Å². The predicted octanol–water partition coefficient (Wildman–Crippen LogP) is 4.02. The van der Waals surface area contributed by atoms with Crippen LogP contribution in [0.1, 0.15) is 23.3 Å². The lowest BCUT2D eigenvalue weighted by atomic mass is 9.97. The summed E-state index contributed by atoms with van der Waals surface area (Å²) in [5.41, 5.74) is 1.08. The fraction of sp³-hybridized carbons (Fsp3) is 0.333. The number of rotatable bonds is 8. The Hall–Kier alpha value is -2.10. The number of fused-ring (bicyclic) bond motifs is 3. The third-order valence-corrected chi connectivity index (χ3v) is 8.46. The first-order valence-corrected chi connectivity index (χ1v) is 13.1. The van der Waals surface area contributed by atoms with E-state index in [9.17, 15) is 13.2 Å². The van der Waals surface area contributed by atoms with Crippen LogP contribution in [-0.4, -0.2) is 29.5 Å². The molecule has 30 heavy (non-hydrogen) atoms. The van der Waals surface area contributed by atoms with Crippen LogP contribution >= 0.6 is 23.1 Å². The minimum atomic E-state index is -3.74. The number of aromatic nitrogens is 2. The molecule has 0 aliphatic heterocycles. The molecule has 4 rings (SSSR count). The van der Waals surface area contributed by atoms with Gasteiger partial charge in [0.2, 0.25) is 0 Å². The van der Waals surface area contributed by atoms with Gasteiger partial charge < -0.3 is 4.18 Å². The topological polar surface area (TPSA) is 78.3 Å². The summed E-state index contributed by atoms with van der Waals surface area (Å²) >= 11 is 2.84. The monoisotopic (exact) mass is 462 g/mol. The first-order chi connectivity index (χ1) is 14.5. The second-order valence-electron chi connectivity index (χ2n) is 7.00. The number of thioether (sulfide) groups is 1. The zero-order valence-corrected chi connectivity index (χ0v) is 18.8. The van der Waals surface area contributed by atoms with Gasteiger partial charge in [-0.25, -0.2) is 4.98 Å². The number of thiophene rings is 1. The molecule has 0 saturated heterocycles. The van der Waals surface area contributed by atoms with Crippen molar-refractivity contribution in [2.45, 2.75) is 37.4 Å². The third kappa shape index (κ3) is 4.48. The Kier molecular flexibility index (Phi) is 6.31. The predicted molar refractivity (Wildman–Crippen MR) is 122 cm³/mol. The molecule has 6 nitrogen and oxygen atoms in total. The number of hydrogen-bond donors (Lipinski definition) is 0. The molecule has 158 valence electrons. The number of benzene rings is 1. The van der Waals surface area contributed by atoms with E-state index in [0.717, 1.165) is 41.5 Å². The standard InChI is InChI=1S/C21H22N2O4S3/c1-2-12-23-20(24)18-16-10-6-7-11-17(16)29-19(18)22-21(23)28-13-14-30(25,26)27-15-8-4-3-5-9-15/h2-5,8-9H,1,6-7,10-14H2. The van der Waals surface area contributed by atoms with Crippen LogP contribution in [0, 0.1) is 0 Å². The highest BCUT2D eigenvalue weighted by molar-refractivity contribution is 8.00. The molecule has 0 fully saturated rings. The van der Waals surface area contributed by atoms with E-state index < -0.39 is 10.1 Å². The molecule has 0 saturated carbocycles. The van der Waals surface area contributed by atoms with Gasteiger partial charge in [-0.2, -0.15) is 8.42 Å². The molecule has 0 bridgehead atoms. The van der Waals surface area contributed by atoms with Crippen molar-refractivity contribution >= 4 is 43.4 Å². The minimum absolute atomic E-state index is 0.0646. The summed E-state index contributed by atoms with van der Waals surface area (Å²) in [6.07, 6.45) is 5.81. The van der Waals surface area contributed by atoms with Crippen LogP contribution in [0.3, 0.4) is 0 Å². The van der Waals surface area contributed by atoms with Crippen LogP contribution < -0.4 is 9.74 Å². The lowest BCUT2D eigenvalue weighted by molar-refractivity contribution is 0.488. The van der Waals surface area contributed by atoms with Gasteiger partial charge in [0.1, 0.15) is 10.6 Å². The fourth-order valence-electron chi connectivity index (χ4n) is 3.52. The second kappa shape index (κ2) is 8.95. The number of para-hydroxylation sites is 1. The molecular weight excluding hydrogens is 440 g/mol. The van der Waals surface area contributed by atoms with Gasteiger partial charge in [-0.05, 0) is 43.4 Å². The number of hydrogen-bond acceptors (Lipinski definition) is 7. The first kappa shape index (κ1) is 21.1. The molecule has 9 heteroatoms. The van der Waals surface area contributed by atoms with Crippen molar-refractivity contribution in [3.8, 4) is 5.75 Å². The largest absolute Gasteiger partial charge is 0.382 e. The van der Waals surface area contributed by atoms with Crippen molar-refractivity contribution in [1.29, 1.82) is 0 Å². The maximum Gasteiger partial charge on any atom is 0.310 e. The molecule has 1 aliphatic carbocycles. The number of nitrogens with zero attached hydrogens (tertiary/aromatic N) is 2. The summed E-state index contributed by atoms with van der Waals surface area (Å²) in [6.45, 7) is 4.09. The van der Waals surface area contributed by atoms with Crippen LogP contribution in [0.25, 0.3) is 10.2 Å². The maximum absolute atomic E-state index is 13.2. The second-order valence-corrected chi connectivity index (χ2v) is 10.8. The van der Waals surface area contributed by atoms with Gasteiger partial charge in [-0.15, -0.1) is 17.9 Å². The van der Waals surface area contributed by atoms with E-state index in [0.29, 0.717) is 11.7 Å². The van der Waals surface area contributed by atoms with Crippen LogP contribution in [0.4, 0.5) is 0 Å². The van der Waals surface area contributed by atoms with E-state index in [1.165, 1.54) is 16.6 Å². The van der Waals surface area contributed by atoms with Gasteiger partial charge in [0.25, 0.3) is 5.56 Å². The van der Waals surface area contributed by atoms with Gasteiger partial charge in [-0.1, -0.05) is 36.0 Å². The Morgan fingerprint density at radius 2 is 2.00 bits per heavy atom. The van der Waals surface area contributed by atoms with Crippen LogP contribution in [0.5, 0.6) is 5.75 Å². The van der Waals surface area contributed by atoms with E-state index in [1.54, 1.807) is 52.3 Å². The maximum atomic E-state index is 13.2. The van der Waals surface area contributed by atoms with Crippen molar-refractivity contribution in [2.24, 2.45) is 0 Å². The lowest BCUT2D eigenvalue weighted by Gasteiger charge is -2.12. The van der Waals surface area contributed by atoms with Crippen LogP contribution in [0.15, 0.2) is 52.9 Å². The van der Waals surface area contributed by atoms with Gasteiger partial charge in [-0.3, -0.25) is 9.36 Å². The number of allylic oxidation sites excluding steroid dienone is 1. The van der Waals surface area contributed by atoms with E-state index in [2.05, 4.69) is 6.58 Å². The van der Waals surface area contributed by atoms with Crippen molar-refractivity contribution in [2.75, 3.05) is 11.5 Å². The summed E-state index contributed by atoms with van der Waals surface area (Å²) in [5, 5.41) is 1.24. The summed E-state index contributed by atoms with van der Waals surface area (Å²) in [5.74, 6) is 0.333. The fourth-order valence-corrected chi connectivity index (χ4v) is 7.12. The third-order valence-electron chi connectivity index (χ3n) is 4.88. The molecule has 1 aliphatic rings. The van der Waals surface area contributed by atoms with Gasteiger partial charge in [0, 0.05) is 17.2 Å². The SMILES string of the molecule is C=CCn1c(SCCS(=O)(=O)Oc2ccccc2)nc2sc3c(c2c1=O)CCCC3. The zero-order chi connectivity index (χ0) is 21.1. The molecule has 2 aromatic heterocycles. The molecule has 2 heterocycles. The van der Waals surface area contributed by atoms with E-state index in [1.807, 2.05) is 0 Å². The Morgan fingerprint density at radius 3 is 2.77 bits per heavy atom. The van der Waals surface area contributed by atoms with Crippen LogP contribution in [-0.2, 0) is 29.5 Å². The smallest absolute Gasteiger partial charge is 0.310 e. The molecule has 0 unspecified atom stereocenters. The van der Waals surface area contributed by atoms with Crippen molar-refractivity contribution in [3.63, 3.8) is 0 Å². The van der Waals surface area contributed by atoms with Gasteiger partial charge in [0.15, 0.2) is 5.16 Å². The molecule has 0 amide bonds. The highest BCUT2D eigenvalue weighted by atomic mass is 32.2. The summed E-state index contributed by atoms with van der Waals surface area (Å²) < 4.78 is 31.3. The molecule has 0 N–H and O–H groups in total. The number of aryl methyl sites for hydroxylation is 2. The van der Waals surface area contributed by atoms with Gasteiger partial charge >= 0.3 is 10.1 Å². The average Bonchev–Trinajstić information content (AvgIpc) is 3.09. The summed E-state index contributed by atoms with van der Waals surface area (Å²) in [4.78, 5) is 19.9. The molecule has 0 atom stereocenters. The molecule has 0 spiro atoms. The van der Waals surface area contributed by atoms with E-state index in [4.69, 9.17) is 9.17 Å². The van der Waals surface area contributed by atoms with E-state index in [-0.39, 0.29) is 22.8 Å². The van der Waals surface area contributed by atoms with Crippen molar-refractivity contribution in [1.82, 2.24) is 9.55 Å². The summed E-state index contributed by atoms with van der Waals surface area (Å²) in [7, 11) is -3.74. The zero-order valence-electron chi connectivity index (χ0n) is 16.4. The Labute approximate surface area is 183 Å². The molecule has 1 aromatic carbocycles. The molecule has 0 radical (unpaired) electrons. The molecule has 3 aromatic rings. The average molecular weight is 463 g/mol. The first-order valence-electron chi connectivity index (χ1n) is 9.74. The lowest BCUT2D eigenvalue weighted by Crippen LogP contribution is -2.24. The van der Waals surface area contributed by atoms with E-state index >= 15 is 0 Å². The highest BCUT2D eigenvalue weighted by Crippen LogP contribution is 2.34. The Morgan fingerprint density at radius 1 is 1.23 bits per heavy atom. The van der Waals surface area contributed by atoms with Crippen LogP contribution in [0.2, 0.25) is 0 Å². The Balaban J connectivity index is 1.57. The van der Waals surface area contributed by atoms with Crippen molar-refractivity contribution in [3.05, 3.63) is 63.8 Å².